The quantitative estimate of drug-likeness (QED) is 0.293. The highest BCUT2D eigenvalue weighted by Gasteiger charge is 2.38. The highest BCUT2D eigenvalue weighted by Crippen LogP contribution is 2.39. The molecule has 3 aromatic carbocycles. The molecule has 12 heteroatoms. The molecule has 0 aliphatic heterocycles. The Bertz CT molecular complexity index is 1940. The summed E-state index contributed by atoms with van der Waals surface area (Å²) in [5.41, 5.74) is 3.58. The molecule has 0 aliphatic rings. The average molecular weight is 523 g/mol. The van der Waals surface area contributed by atoms with Gasteiger partial charge in [0.1, 0.15) is 11.3 Å². The van der Waals surface area contributed by atoms with Gasteiger partial charge < -0.3 is 10.3 Å². The fourth-order valence-electron chi connectivity index (χ4n) is 4.36. The van der Waals surface area contributed by atoms with Gasteiger partial charge in [0.05, 0.1) is 16.8 Å². The van der Waals surface area contributed by atoms with Crippen LogP contribution in [-0.4, -0.2) is 19.5 Å². The van der Waals surface area contributed by atoms with Crippen LogP contribution in [0.3, 0.4) is 0 Å². The van der Waals surface area contributed by atoms with E-state index in [0.29, 0.717) is 5.39 Å². The summed E-state index contributed by atoms with van der Waals surface area (Å²) in [5.74, 6) is -2.00. The topological polar surface area (TPSA) is 91.9 Å². The summed E-state index contributed by atoms with van der Waals surface area (Å²) in [7, 11) is 0. The van der Waals surface area contributed by atoms with Crippen LogP contribution in [-0.2, 0) is 6.18 Å². The van der Waals surface area contributed by atoms with Crippen LogP contribution in [0.5, 0.6) is 0 Å². The molecule has 6 aromatic rings. The van der Waals surface area contributed by atoms with E-state index in [0.717, 1.165) is 22.9 Å². The van der Waals surface area contributed by atoms with Crippen LogP contribution < -0.4 is 11.3 Å². The predicted molar refractivity (Wildman–Crippen MR) is 129 cm³/mol. The van der Waals surface area contributed by atoms with Crippen molar-refractivity contribution < 1.29 is 26.5 Å². The molecular weight excluding hydrogens is 509 g/mol. The minimum Gasteiger partial charge on any atom is -0.380 e. The van der Waals surface area contributed by atoms with Crippen molar-refractivity contribution in [3.8, 4) is 22.5 Å². The van der Waals surface area contributed by atoms with Gasteiger partial charge in [0, 0.05) is 28.8 Å². The molecule has 0 bridgehead atoms. The van der Waals surface area contributed by atoms with Crippen molar-refractivity contribution in [1.82, 2.24) is 19.5 Å². The van der Waals surface area contributed by atoms with Crippen molar-refractivity contribution >= 4 is 27.7 Å². The van der Waals surface area contributed by atoms with E-state index in [2.05, 4.69) is 10.3 Å². The summed E-state index contributed by atoms with van der Waals surface area (Å²) in [6, 6.07) is 14.4. The molecule has 0 spiro atoms. The zero-order chi connectivity index (χ0) is 26.8. The van der Waals surface area contributed by atoms with Crippen LogP contribution >= 0.6 is 0 Å². The van der Waals surface area contributed by atoms with Gasteiger partial charge >= 0.3 is 6.18 Å². The molecule has 0 aliphatic carbocycles. The van der Waals surface area contributed by atoms with E-state index in [9.17, 15) is 18.0 Å². The Morgan fingerprint density at radius 3 is 2.37 bits per heavy atom. The van der Waals surface area contributed by atoms with Gasteiger partial charge in [-0.25, -0.2) is 13.5 Å². The first-order valence-corrected chi connectivity index (χ1v) is 11.0. The number of benzene rings is 3. The average Bonchev–Trinajstić information content (AvgIpc) is 3.46. The fourth-order valence-corrected chi connectivity index (χ4v) is 4.36. The molecule has 38 heavy (non-hydrogen) atoms. The van der Waals surface area contributed by atoms with Crippen LogP contribution in [0.2, 0.25) is 0 Å². The summed E-state index contributed by atoms with van der Waals surface area (Å²) < 4.78 is 79.8. The zero-order valence-electron chi connectivity index (χ0n) is 19.0. The number of nitrogens with two attached hydrogens (primary N) is 1. The zero-order valence-corrected chi connectivity index (χ0v) is 19.0. The number of nitrogens with zero attached hydrogens (tertiary/aromatic N) is 4. The number of fused-ring (bicyclic) bond motifs is 2. The Morgan fingerprint density at radius 1 is 0.868 bits per heavy atom. The van der Waals surface area contributed by atoms with Crippen LogP contribution in [0.25, 0.3) is 44.4 Å². The van der Waals surface area contributed by atoms with E-state index in [1.165, 1.54) is 53.2 Å². The molecule has 0 saturated heterocycles. The van der Waals surface area contributed by atoms with E-state index in [4.69, 9.17) is 10.3 Å². The third-order valence-electron chi connectivity index (χ3n) is 6.12. The predicted octanol–water partition coefficient (Wildman–Crippen LogP) is 5.86. The molecule has 0 saturated carbocycles. The summed E-state index contributed by atoms with van der Waals surface area (Å²) >= 11 is 0. The maximum Gasteiger partial charge on any atom is 0.435 e. The summed E-state index contributed by atoms with van der Waals surface area (Å²) in [5, 5.41) is 7.06. The number of nitrogen functional groups attached to an aromatic ring is 1. The molecule has 0 atom stereocenters. The van der Waals surface area contributed by atoms with E-state index >= 15 is 8.78 Å². The molecular formula is C26H14F5N5O2. The number of anilines is 1. The minimum absolute atomic E-state index is 0.00444. The van der Waals surface area contributed by atoms with Crippen LogP contribution in [0.15, 0.2) is 82.2 Å². The van der Waals surface area contributed by atoms with Gasteiger partial charge in [-0.3, -0.25) is 9.36 Å². The second-order valence-electron chi connectivity index (χ2n) is 8.40. The van der Waals surface area contributed by atoms with Gasteiger partial charge in [-0.2, -0.15) is 18.3 Å². The minimum atomic E-state index is -4.90. The van der Waals surface area contributed by atoms with Gasteiger partial charge in [-0.05, 0) is 48.5 Å². The Balaban J connectivity index is 1.57. The Kier molecular flexibility index (Phi) is 5.09. The van der Waals surface area contributed by atoms with Crippen molar-refractivity contribution in [2.75, 3.05) is 5.73 Å². The number of hydrogen-bond acceptors (Lipinski definition) is 5. The monoisotopic (exact) mass is 523 g/mol. The van der Waals surface area contributed by atoms with E-state index in [-0.39, 0.29) is 33.9 Å². The first-order chi connectivity index (χ1) is 18.1. The second kappa shape index (κ2) is 8.26. The molecule has 6 rings (SSSR count). The van der Waals surface area contributed by atoms with Crippen LogP contribution in [0.4, 0.5) is 27.8 Å². The summed E-state index contributed by atoms with van der Waals surface area (Å²) in [6.07, 6.45) is -3.45. The maximum absolute atomic E-state index is 16.0. The first kappa shape index (κ1) is 23.4. The van der Waals surface area contributed by atoms with E-state index < -0.39 is 40.0 Å². The lowest BCUT2D eigenvalue weighted by Crippen LogP contribution is -2.15. The van der Waals surface area contributed by atoms with Gasteiger partial charge in [0.15, 0.2) is 22.9 Å². The summed E-state index contributed by atoms with van der Waals surface area (Å²) in [4.78, 5) is 12.1. The van der Waals surface area contributed by atoms with Gasteiger partial charge in [-0.1, -0.05) is 17.3 Å². The number of pyridine rings is 1. The largest absolute Gasteiger partial charge is 0.435 e. The Morgan fingerprint density at radius 2 is 1.63 bits per heavy atom. The number of hydrogen-bond donors (Lipinski definition) is 1. The van der Waals surface area contributed by atoms with Crippen molar-refractivity contribution in [2.45, 2.75) is 6.18 Å². The van der Waals surface area contributed by atoms with Crippen molar-refractivity contribution in [1.29, 1.82) is 0 Å². The molecule has 2 N–H and O–H groups in total. The van der Waals surface area contributed by atoms with Crippen LogP contribution in [0.1, 0.15) is 5.69 Å². The lowest BCUT2D eigenvalue weighted by atomic mass is 10.0. The first-order valence-electron chi connectivity index (χ1n) is 11.0. The molecule has 7 nitrogen and oxygen atoms in total. The normalized spacial score (nSPS) is 12.0. The number of halogens is 5. The highest BCUT2D eigenvalue weighted by atomic mass is 19.4. The molecule has 0 radical (unpaired) electrons. The highest BCUT2D eigenvalue weighted by molar-refractivity contribution is 5.92. The molecule has 190 valence electrons. The van der Waals surface area contributed by atoms with Crippen molar-refractivity contribution in [2.24, 2.45) is 0 Å². The Labute approximate surface area is 209 Å². The van der Waals surface area contributed by atoms with Crippen molar-refractivity contribution in [3.05, 3.63) is 101 Å². The SMILES string of the molecule is Nc1noc2ccc(-n3nc(C(F)(F)F)c4ccc(-c5ccc(-n6ccccc6=O)cc5F)c(F)c43)cc12. The number of aromatic nitrogens is 4. The third-order valence-corrected chi connectivity index (χ3v) is 6.12. The second-order valence-corrected chi connectivity index (χ2v) is 8.40. The lowest BCUT2D eigenvalue weighted by molar-refractivity contribution is -0.140. The van der Waals surface area contributed by atoms with E-state index in [1.807, 2.05) is 0 Å². The molecule has 0 fully saturated rings. The van der Waals surface area contributed by atoms with E-state index in [1.54, 1.807) is 6.07 Å². The number of rotatable bonds is 3. The maximum atomic E-state index is 16.0. The van der Waals surface area contributed by atoms with Crippen LogP contribution in [0, 0.1) is 11.6 Å². The van der Waals surface area contributed by atoms with Crippen molar-refractivity contribution in [3.63, 3.8) is 0 Å². The fraction of sp³-hybridized carbons (Fsp3) is 0.0385. The smallest absolute Gasteiger partial charge is 0.380 e. The van der Waals surface area contributed by atoms with Gasteiger partial charge in [0.2, 0.25) is 0 Å². The molecule has 3 aromatic heterocycles. The molecule has 3 heterocycles. The third kappa shape index (κ3) is 3.60. The molecule has 0 amide bonds. The lowest BCUT2D eigenvalue weighted by Gasteiger charge is -2.11. The van der Waals surface area contributed by atoms with Gasteiger partial charge in [0.25, 0.3) is 5.56 Å². The van der Waals surface area contributed by atoms with Gasteiger partial charge in [-0.15, -0.1) is 0 Å². The summed E-state index contributed by atoms with van der Waals surface area (Å²) in [6.45, 7) is 0. The Hall–Kier alpha value is -5.00. The standard InChI is InChI=1S/C26H14F5N5O2/c27-19-12-13(35-10-2-1-3-21(35)37)4-6-15(19)16-7-8-17-23(22(16)28)36(33-24(17)26(29,30)31)14-5-9-20-18(11-14)25(32)34-38-20/h1-12H,(H2,32,34). The number of alkyl halides is 3. The molecule has 0 unspecified atom stereocenters.